The van der Waals surface area contributed by atoms with Crippen LogP contribution in [0, 0.1) is 0 Å². The second-order valence-corrected chi connectivity index (χ2v) is 5.83. The maximum Gasteiger partial charge on any atom is 0.141 e. The van der Waals surface area contributed by atoms with Crippen molar-refractivity contribution in [3.05, 3.63) is 51.4 Å². The summed E-state index contributed by atoms with van der Waals surface area (Å²) in [6, 6.07) is 8.50. The number of rotatable bonds is 3. The summed E-state index contributed by atoms with van der Waals surface area (Å²) in [6.07, 6.45) is 1.95. The lowest BCUT2D eigenvalue weighted by Crippen LogP contribution is -2.10. The van der Waals surface area contributed by atoms with E-state index in [0.29, 0.717) is 18.3 Å². The first-order chi connectivity index (χ1) is 9.69. The molecule has 20 heavy (non-hydrogen) atoms. The van der Waals surface area contributed by atoms with E-state index in [0.717, 1.165) is 28.8 Å². The van der Waals surface area contributed by atoms with Crippen molar-refractivity contribution >= 4 is 21.7 Å². The Hall–Kier alpha value is -1.46. The van der Waals surface area contributed by atoms with Gasteiger partial charge in [0.15, 0.2) is 0 Å². The van der Waals surface area contributed by atoms with Gasteiger partial charge in [-0.15, -0.1) is 0 Å². The SMILES string of the molecule is COCc1nc(C2Cc3ccccc3C2)nc(N)c1Br. The molecule has 1 aromatic carbocycles. The van der Waals surface area contributed by atoms with Crippen molar-refractivity contribution in [2.24, 2.45) is 0 Å². The first-order valence-corrected chi connectivity index (χ1v) is 7.36. The zero-order valence-corrected chi connectivity index (χ0v) is 12.9. The van der Waals surface area contributed by atoms with Gasteiger partial charge in [-0.3, -0.25) is 0 Å². The van der Waals surface area contributed by atoms with Crippen LogP contribution in [0.15, 0.2) is 28.7 Å². The van der Waals surface area contributed by atoms with Gasteiger partial charge in [0.05, 0.1) is 16.8 Å². The number of nitrogen functional groups attached to an aromatic ring is 1. The molecule has 0 fully saturated rings. The second-order valence-electron chi connectivity index (χ2n) is 5.03. The first-order valence-electron chi connectivity index (χ1n) is 6.56. The van der Waals surface area contributed by atoms with E-state index in [4.69, 9.17) is 10.5 Å². The molecule has 0 amide bonds. The molecule has 4 nitrogen and oxygen atoms in total. The predicted octanol–water partition coefficient (Wildman–Crippen LogP) is 2.85. The number of methoxy groups -OCH3 is 1. The normalized spacial score (nSPS) is 14.5. The van der Waals surface area contributed by atoms with Crippen molar-refractivity contribution in [1.82, 2.24) is 9.97 Å². The smallest absolute Gasteiger partial charge is 0.141 e. The van der Waals surface area contributed by atoms with E-state index in [9.17, 15) is 0 Å². The zero-order valence-electron chi connectivity index (χ0n) is 11.3. The number of benzene rings is 1. The van der Waals surface area contributed by atoms with Crippen LogP contribution in [0.3, 0.4) is 0 Å². The third-order valence-corrected chi connectivity index (χ3v) is 4.52. The van der Waals surface area contributed by atoms with Gasteiger partial charge in [-0.1, -0.05) is 24.3 Å². The molecule has 0 atom stereocenters. The van der Waals surface area contributed by atoms with Crippen LogP contribution < -0.4 is 5.73 Å². The van der Waals surface area contributed by atoms with E-state index in [1.165, 1.54) is 11.1 Å². The monoisotopic (exact) mass is 333 g/mol. The van der Waals surface area contributed by atoms with E-state index in [1.807, 2.05) is 0 Å². The fourth-order valence-corrected chi connectivity index (χ4v) is 2.98. The summed E-state index contributed by atoms with van der Waals surface area (Å²) >= 11 is 3.42. The van der Waals surface area contributed by atoms with Crippen LogP contribution in [0.4, 0.5) is 5.82 Å². The molecule has 3 rings (SSSR count). The maximum absolute atomic E-state index is 5.97. The molecule has 1 heterocycles. The molecule has 0 unspecified atom stereocenters. The predicted molar refractivity (Wildman–Crippen MR) is 81.4 cm³/mol. The minimum atomic E-state index is 0.304. The van der Waals surface area contributed by atoms with Crippen LogP contribution in [-0.4, -0.2) is 17.1 Å². The maximum atomic E-state index is 5.97. The van der Waals surface area contributed by atoms with E-state index < -0.39 is 0 Å². The fraction of sp³-hybridized carbons (Fsp3) is 0.333. The Morgan fingerprint density at radius 1 is 1.25 bits per heavy atom. The summed E-state index contributed by atoms with van der Waals surface area (Å²) in [5.41, 5.74) is 9.55. The summed E-state index contributed by atoms with van der Waals surface area (Å²) in [5, 5.41) is 0. The number of hydrogen-bond donors (Lipinski definition) is 1. The molecule has 0 saturated heterocycles. The highest BCUT2D eigenvalue weighted by Crippen LogP contribution is 2.33. The van der Waals surface area contributed by atoms with Gasteiger partial charge in [0, 0.05) is 13.0 Å². The molecular formula is C15H16BrN3O. The van der Waals surface area contributed by atoms with Crippen molar-refractivity contribution in [2.45, 2.75) is 25.4 Å². The lowest BCUT2D eigenvalue weighted by atomic mass is 10.1. The van der Waals surface area contributed by atoms with Crippen LogP contribution in [0.2, 0.25) is 0 Å². The van der Waals surface area contributed by atoms with E-state index in [1.54, 1.807) is 7.11 Å². The lowest BCUT2D eigenvalue weighted by Gasteiger charge is -2.12. The first kappa shape index (κ1) is 13.5. The average molecular weight is 334 g/mol. The Kier molecular flexibility index (Phi) is 3.72. The van der Waals surface area contributed by atoms with Crippen molar-refractivity contribution in [2.75, 3.05) is 12.8 Å². The topological polar surface area (TPSA) is 61.0 Å². The molecule has 0 bridgehead atoms. The fourth-order valence-electron chi connectivity index (χ4n) is 2.69. The highest BCUT2D eigenvalue weighted by Gasteiger charge is 2.26. The van der Waals surface area contributed by atoms with Gasteiger partial charge in [0.2, 0.25) is 0 Å². The Balaban J connectivity index is 1.93. The van der Waals surface area contributed by atoms with Gasteiger partial charge in [-0.2, -0.15) is 0 Å². The van der Waals surface area contributed by atoms with Crippen molar-refractivity contribution < 1.29 is 4.74 Å². The molecule has 2 N–H and O–H groups in total. The van der Waals surface area contributed by atoms with Gasteiger partial charge in [-0.05, 0) is 39.9 Å². The average Bonchev–Trinajstić information content (AvgIpc) is 2.87. The largest absolute Gasteiger partial charge is 0.383 e. The number of nitrogens with zero attached hydrogens (tertiary/aromatic N) is 2. The third-order valence-electron chi connectivity index (χ3n) is 3.66. The van der Waals surface area contributed by atoms with Crippen molar-refractivity contribution in [3.63, 3.8) is 0 Å². The second kappa shape index (κ2) is 5.50. The molecule has 2 aromatic rings. The molecule has 0 spiro atoms. The van der Waals surface area contributed by atoms with Gasteiger partial charge in [0.1, 0.15) is 11.6 Å². The van der Waals surface area contributed by atoms with Gasteiger partial charge >= 0.3 is 0 Å². The summed E-state index contributed by atoms with van der Waals surface area (Å²) < 4.78 is 5.90. The van der Waals surface area contributed by atoms with Crippen LogP contribution in [0.5, 0.6) is 0 Å². The molecular weight excluding hydrogens is 318 g/mol. The standard InChI is InChI=1S/C15H16BrN3O/c1-20-8-12-13(16)14(17)19-15(18-12)11-6-9-4-2-3-5-10(9)7-11/h2-5,11H,6-8H2,1H3,(H2,17,18,19). The van der Waals surface area contributed by atoms with Crippen LogP contribution in [-0.2, 0) is 24.2 Å². The number of anilines is 1. The molecule has 104 valence electrons. The number of ether oxygens (including phenoxy) is 1. The summed E-state index contributed by atoms with van der Waals surface area (Å²) in [5.74, 6) is 1.60. The van der Waals surface area contributed by atoms with Crippen LogP contribution in [0.25, 0.3) is 0 Å². The Bertz CT molecular complexity index is 620. The Morgan fingerprint density at radius 2 is 1.90 bits per heavy atom. The molecule has 1 aromatic heterocycles. The molecule has 1 aliphatic carbocycles. The minimum Gasteiger partial charge on any atom is -0.383 e. The summed E-state index contributed by atoms with van der Waals surface area (Å²) in [7, 11) is 1.65. The Morgan fingerprint density at radius 3 is 2.50 bits per heavy atom. The molecule has 5 heteroatoms. The number of aromatic nitrogens is 2. The van der Waals surface area contributed by atoms with E-state index >= 15 is 0 Å². The minimum absolute atomic E-state index is 0.304. The molecule has 1 aliphatic rings. The molecule has 0 aliphatic heterocycles. The van der Waals surface area contributed by atoms with Crippen molar-refractivity contribution in [1.29, 1.82) is 0 Å². The Labute approximate surface area is 126 Å². The quantitative estimate of drug-likeness (QED) is 0.938. The molecule has 0 saturated carbocycles. The van der Waals surface area contributed by atoms with Crippen LogP contribution in [0.1, 0.15) is 28.6 Å². The van der Waals surface area contributed by atoms with Gasteiger partial charge in [-0.25, -0.2) is 9.97 Å². The highest BCUT2D eigenvalue weighted by molar-refractivity contribution is 9.10. The number of hydrogen-bond acceptors (Lipinski definition) is 4. The van der Waals surface area contributed by atoms with Crippen LogP contribution >= 0.6 is 15.9 Å². The van der Waals surface area contributed by atoms with Crippen molar-refractivity contribution in [3.8, 4) is 0 Å². The third kappa shape index (κ3) is 2.43. The zero-order chi connectivity index (χ0) is 14.1. The number of fused-ring (bicyclic) bond motifs is 1. The summed E-state index contributed by atoms with van der Waals surface area (Å²) in [4.78, 5) is 9.07. The number of halogens is 1. The highest BCUT2D eigenvalue weighted by atomic mass is 79.9. The molecule has 0 radical (unpaired) electrons. The van der Waals surface area contributed by atoms with E-state index in [-0.39, 0.29) is 0 Å². The van der Waals surface area contributed by atoms with Gasteiger partial charge in [0.25, 0.3) is 0 Å². The lowest BCUT2D eigenvalue weighted by molar-refractivity contribution is 0.180. The number of nitrogens with two attached hydrogens (primary N) is 1. The van der Waals surface area contributed by atoms with E-state index in [2.05, 4.69) is 50.2 Å². The summed E-state index contributed by atoms with van der Waals surface area (Å²) in [6.45, 7) is 0.431. The van der Waals surface area contributed by atoms with Gasteiger partial charge < -0.3 is 10.5 Å².